The Labute approximate surface area is 177 Å². The first-order valence-electron chi connectivity index (χ1n) is 11.9. The minimum atomic E-state index is -4.14. The van der Waals surface area contributed by atoms with E-state index in [-0.39, 0.29) is 0 Å². The predicted molar refractivity (Wildman–Crippen MR) is 120 cm³/mol. The van der Waals surface area contributed by atoms with Crippen LogP contribution in [0.15, 0.2) is 0 Å². The number of hydrogen-bond acceptors (Lipinski definition) is 6. The van der Waals surface area contributed by atoms with Gasteiger partial charge in [0.1, 0.15) is 0 Å². The third kappa shape index (κ3) is 4.67. The Morgan fingerprint density at radius 1 is 0.621 bits per heavy atom. The van der Waals surface area contributed by atoms with E-state index in [2.05, 4.69) is 18.7 Å². The molecule has 3 aliphatic rings. The van der Waals surface area contributed by atoms with Crippen molar-refractivity contribution in [3.63, 3.8) is 0 Å². The third-order valence-corrected chi connectivity index (χ3v) is 12.5. The Morgan fingerprint density at radius 2 is 0.931 bits per heavy atom. The molecule has 0 bridgehead atoms. The van der Waals surface area contributed by atoms with Gasteiger partial charge in [0, 0.05) is 0 Å². The fraction of sp³-hybridized carbons (Fsp3) is 1.00. The van der Waals surface area contributed by atoms with E-state index in [1.165, 1.54) is 19.3 Å². The van der Waals surface area contributed by atoms with Gasteiger partial charge in [-0.05, 0) is 0 Å². The van der Waals surface area contributed by atoms with Gasteiger partial charge in [-0.1, -0.05) is 0 Å². The molecule has 3 rings (SSSR count). The van der Waals surface area contributed by atoms with Crippen LogP contribution in [-0.2, 0) is 9.47 Å². The number of ether oxygens (including phenoxy) is 2. The molecule has 3 fully saturated rings. The van der Waals surface area contributed by atoms with Crippen molar-refractivity contribution in [2.24, 2.45) is 0 Å². The molecule has 0 aromatic heterocycles. The van der Waals surface area contributed by atoms with Crippen molar-refractivity contribution in [1.29, 1.82) is 0 Å². The number of nitrogens with zero attached hydrogens (tertiary/aromatic N) is 4. The van der Waals surface area contributed by atoms with Crippen LogP contribution in [0.25, 0.3) is 0 Å². The summed E-state index contributed by atoms with van der Waals surface area (Å²) in [6.45, 7) is 7.60. The maximum absolute atomic E-state index is 18.9. The molecule has 0 aliphatic carbocycles. The molecule has 6 nitrogen and oxygen atoms in total. The van der Waals surface area contributed by atoms with Gasteiger partial charge < -0.3 is 0 Å². The summed E-state index contributed by atoms with van der Waals surface area (Å²) in [6, 6.07) is 0. The molecule has 3 aliphatic heterocycles. The number of piperidine rings is 3. The maximum atomic E-state index is 18.9. The second-order valence-electron chi connectivity index (χ2n) is 8.82. The zero-order valence-electron chi connectivity index (χ0n) is 18.9. The molecule has 29 heavy (non-hydrogen) atoms. The number of methoxy groups -OCH3 is 2. The van der Waals surface area contributed by atoms with Crippen LogP contribution in [0.2, 0.25) is 0 Å². The van der Waals surface area contributed by atoms with E-state index in [1.807, 2.05) is 0 Å². The van der Waals surface area contributed by atoms with Gasteiger partial charge in [0.25, 0.3) is 0 Å². The Kier molecular flexibility index (Phi) is 9.12. The van der Waals surface area contributed by atoms with Crippen LogP contribution in [0, 0.1) is 0 Å². The van der Waals surface area contributed by atoms with E-state index >= 15 is 4.20 Å². The predicted octanol–water partition coefficient (Wildman–Crippen LogP) is 4.14. The van der Waals surface area contributed by atoms with E-state index in [1.54, 1.807) is 14.2 Å². The van der Waals surface area contributed by atoms with E-state index in [0.717, 1.165) is 77.8 Å². The summed E-state index contributed by atoms with van der Waals surface area (Å²) in [5, 5.41) is 0. The van der Waals surface area contributed by atoms with Crippen LogP contribution in [-0.4, -0.2) is 98.5 Å². The van der Waals surface area contributed by atoms with Gasteiger partial charge in [-0.2, -0.15) is 0 Å². The molecule has 0 spiro atoms. The molecular weight excluding hydrogens is 390 g/mol. The van der Waals surface area contributed by atoms with Crippen molar-refractivity contribution in [2.45, 2.75) is 57.8 Å². The number of hydrogen-bond donors (Lipinski definition) is 0. The van der Waals surface area contributed by atoms with Crippen LogP contribution in [0.3, 0.4) is 0 Å². The van der Waals surface area contributed by atoms with Crippen molar-refractivity contribution in [2.75, 3.05) is 79.8 Å². The van der Waals surface area contributed by atoms with Crippen LogP contribution in [0.4, 0.5) is 4.20 Å². The van der Waals surface area contributed by atoms with Gasteiger partial charge >= 0.3 is 177 Å². The fourth-order valence-corrected chi connectivity index (χ4v) is 11.5. The topological polar surface area (TPSA) is 31.4 Å². The first kappa shape index (κ1) is 23.8. The number of halogens is 1. The molecule has 0 saturated carbocycles. The van der Waals surface area contributed by atoms with Crippen molar-refractivity contribution in [1.82, 2.24) is 18.7 Å². The number of rotatable bonds is 10. The zero-order chi connectivity index (χ0) is 20.6. The summed E-state index contributed by atoms with van der Waals surface area (Å²) >= 11 is 0. The molecule has 3 heterocycles. The first-order chi connectivity index (χ1) is 14.2. The molecule has 0 aromatic rings. The van der Waals surface area contributed by atoms with Crippen LogP contribution in [0.1, 0.15) is 57.8 Å². The molecular formula is C21H44FN4O2P. The van der Waals surface area contributed by atoms with Crippen molar-refractivity contribution in [3.05, 3.63) is 0 Å². The normalized spacial score (nSPS) is 25.2. The quantitative estimate of drug-likeness (QED) is 0.481. The second-order valence-corrected chi connectivity index (χ2v) is 12.8. The minimum absolute atomic E-state index is 0.557. The van der Waals surface area contributed by atoms with Crippen LogP contribution < -0.4 is 0 Å². The van der Waals surface area contributed by atoms with Crippen molar-refractivity contribution >= 4 is 7.52 Å². The van der Waals surface area contributed by atoms with E-state index in [0.29, 0.717) is 26.3 Å². The average molecular weight is 435 g/mol. The Bertz CT molecular complexity index is 427. The second kappa shape index (κ2) is 11.1. The molecule has 0 atom stereocenters. The molecule has 0 unspecified atom stereocenters. The van der Waals surface area contributed by atoms with Crippen molar-refractivity contribution in [3.8, 4) is 0 Å². The summed E-state index contributed by atoms with van der Waals surface area (Å²) in [4.78, 5) is 0. The van der Waals surface area contributed by atoms with E-state index in [4.69, 9.17) is 9.47 Å². The fourth-order valence-electron chi connectivity index (χ4n) is 5.59. The summed E-state index contributed by atoms with van der Waals surface area (Å²) in [5.74, 6) is 0. The zero-order valence-corrected chi connectivity index (χ0v) is 19.8. The molecule has 8 heteroatoms. The molecule has 172 valence electrons. The molecule has 0 N–H and O–H groups in total. The van der Waals surface area contributed by atoms with Gasteiger partial charge in [0.15, 0.2) is 0 Å². The standard InChI is InChI=1S/C21H44FN4O2P/c1-27-20-18-26(19-21-28-2)29(22,23-12-6-3-7-13-23,24-14-8-4-9-15-24)25-16-10-5-11-17-25/h3-21H2,1-2H3. The summed E-state index contributed by atoms with van der Waals surface area (Å²) < 4.78 is 39.0. The Balaban J connectivity index is 2.09. The Hall–Kier alpha value is 0.120. The molecule has 0 amide bonds. The van der Waals surface area contributed by atoms with E-state index < -0.39 is 7.52 Å². The Morgan fingerprint density at radius 3 is 1.21 bits per heavy atom. The monoisotopic (exact) mass is 434 g/mol. The van der Waals surface area contributed by atoms with Gasteiger partial charge in [-0.3, -0.25) is 0 Å². The van der Waals surface area contributed by atoms with Crippen LogP contribution >= 0.6 is 7.52 Å². The van der Waals surface area contributed by atoms with Gasteiger partial charge in [-0.15, -0.1) is 0 Å². The third-order valence-electron chi connectivity index (χ3n) is 7.05. The van der Waals surface area contributed by atoms with Crippen molar-refractivity contribution < 1.29 is 13.7 Å². The van der Waals surface area contributed by atoms with Crippen LogP contribution in [0.5, 0.6) is 0 Å². The van der Waals surface area contributed by atoms with Gasteiger partial charge in [-0.25, -0.2) is 0 Å². The van der Waals surface area contributed by atoms with Gasteiger partial charge in [0.2, 0.25) is 0 Å². The molecule has 0 aromatic carbocycles. The van der Waals surface area contributed by atoms with E-state index in [9.17, 15) is 0 Å². The summed E-state index contributed by atoms with van der Waals surface area (Å²) in [6.07, 6.45) is 10.3. The van der Waals surface area contributed by atoms with Gasteiger partial charge in [0.05, 0.1) is 0 Å². The molecule has 3 saturated heterocycles. The SMILES string of the molecule is COCCN(CCOC)P(F)(N1CCCCC1)(N1CCCCC1)N1CCCCC1. The average Bonchev–Trinajstić information content (AvgIpc) is 2.80. The first-order valence-corrected chi connectivity index (χ1v) is 13.8. The summed E-state index contributed by atoms with van der Waals surface area (Å²) in [5.41, 5.74) is 0. The summed E-state index contributed by atoms with van der Waals surface area (Å²) in [7, 11) is -0.692. The molecule has 0 radical (unpaired) electrons.